The van der Waals surface area contributed by atoms with Gasteiger partial charge in [0.25, 0.3) is 0 Å². The molecule has 3 aromatic rings. The summed E-state index contributed by atoms with van der Waals surface area (Å²) in [4.78, 5) is 14.4. The minimum absolute atomic E-state index is 0.290. The van der Waals surface area contributed by atoms with Crippen LogP contribution in [0.5, 0.6) is 0 Å². The summed E-state index contributed by atoms with van der Waals surface area (Å²) >= 11 is 0. The van der Waals surface area contributed by atoms with E-state index < -0.39 is 0 Å². The number of hydrogen-bond acceptors (Lipinski definition) is 3. The van der Waals surface area contributed by atoms with Crippen LogP contribution in [0, 0.1) is 0 Å². The van der Waals surface area contributed by atoms with Crippen molar-refractivity contribution >= 4 is 11.1 Å². The first-order chi connectivity index (χ1) is 11.2. The fraction of sp³-hybridized carbons (Fsp3) is 0.316. The molecule has 0 bridgehead atoms. The maximum Gasteiger partial charge on any atom is 0.421 e. The van der Waals surface area contributed by atoms with Gasteiger partial charge in [-0.2, -0.15) is 0 Å². The van der Waals surface area contributed by atoms with Crippen LogP contribution < -0.4 is 5.76 Å². The monoisotopic (exact) mass is 308 g/mol. The average Bonchev–Trinajstić information content (AvgIpc) is 2.90. The number of hydrogen-bond donors (Lipinski definition) is 0. The Morgan fingerprint density at radius 1 is 1.17 bits per heavy atom. The summed E-state index contributed by atoms with van der Waals surface area (Å²) < 4.78 is 7.05. The first-order valence-electron chi connectivity index (χ1n) is 8.10. The maximum absolute atomic E-state index is 12.2. The molecule has 0 spiro atoms. The highest BCUT2D eigenvalue weighted by atomic mass is 16.4. The van der Waals surface area contributed by atoms with Crippen LogP contribution in [0.2, 0.25) is 0 Å². The van der Waals surface area contributed by atoms with Crippen LogP contribution in [0.15, 0.2) is 57.7 Å². The normalized spacial score (nSPS) is 17.6. The van der Waals surface area contributed by atoms with Crippen molar-refractivity contribution < 1.29 is 4.42 Å². The van der Waals surface area contributed by atoms with Crippen molar-refractivity contribution in [2.75, 3.05) is 7.05 Å². The summed E-state index contributed by atoms with van der Waals surface area (Å²) in [5.41, 5.74) is 4.32. The third-order valence-corrected chi connectivity index (χ3v) is 4.81. The van der Waals surface area contributed by atoms with Crippen molar-refractivity contribution in [3.05, 3.63) is 70.2 Å². The van der Waals surface area contributed by atoms with Gasteiger partial charge in [-0.25, -0.2) is 4.79 Å². The predicted molar refractivity (Wildman–Crippen MR) is 90.4 cm³/mol. The lowest BCUT2D eigenvalue weighted by Gasteiger charge is -2.33. The van der Waals surface area contributed by atoms with Gasteiger partial charge >= 0.3 is 5.76 Å². The van der Waals surface area contributed by atoms with Crippen molar-refractivity contribution in [3.63, 3.8) is 0 Å². The standard InChI is InChI=1S/C19H20N2O2/c1-20(16-11-6-8-14-7-2-3-9-15(14)16)13-21-17-10-4-5-12-18(17)23-19(21)22/h2-5,7,9-10,12,16H,6,8,11,13H2,1H3/t16-/m1/s1. The summed E-state index contributed by atoms with van der Waals surface area (Å²) in [6.45, 7) is 0.537. The molecule has 118 valence electrons. The molecule has 1 heterocycles. The first kappa shape index (κ1) is 14.3. The molecule has 0 N–H and O–H groups in total. The number of aryl methyl sites for hydroxylation is 1. The summed E-state index contributed by atoms with van der Waals surface area (Å²) in [6, 6.07) is 16.6. The van der Waals surface area contributed by atoms with Gasteiger partial charge < -0.3 is 4.42 Å². The average molecular weight is 308 g/mol. The molecule has 1 aromatic heterocycles. The number of nitrogens with zero attached hydrogens (tertiary/aromatic N) is 2. The summed E-state index contributed by atoms with van der Waals surface area (Å²) in [7, 11) is 2.08. The number of para-hydroxylation sites is 2. The second-order valence-corrected chi connectivity index (χ2v) is 6.27. The Labute approximate surface area is 134 Å². The Morgan fingerprint density at radius 3 is 2.87 bits per heavy atom. The van der Waals surface area contributed by atoms with Crippen LogP contribution in [0.1, 0.15) is 30.0 Å². The summed E-state index contributed by atoms with van der Waals surface area (Å²) in [5, 5.41) is 0. The zero-order chi connectivity index (χ0) is 15.8. The van der Waals surface area contributed by atoms with Gasteiger partial charge in [0.1, 0.15) is 0 Å². The van der Waals surface area contributed by atoms with Crippen molar-refractivity contribution in [1.82, 2.24) is 9.47 Å². The Balaban J connectivity index is 1.67. The quantitative estimate of drug-likeness (QED) is 0.742. The smallest absolute Gasteiger partial charge is 0.408 e. The lowest BCUT2D eigenvalue weighted by Crippen LogP contribution is -2.32. The van der Waals surface area contributed by atoms with Gasteiger partial charge in [-0.05, 0) is 49.6 Å². The SMILES string of the molecule is CN(Cn1c(=O)oc2ccccc21)[C@@H]1CCCc2ccccc21. The highest BCUT2D eigenvalue weighted by molar-refractivity contribution is 5.72. The first-order valence-corrected chi connectivity index (χ1v) is 8.10. The Hall–Kier alpha value is -2.33. The molecule has 23 heavy (non-hydrogen) atoms. The molecule has 1 aliphatic carbocycles. The molecule has 0 saturated carbocycles. The third-order valence-electron chi connectivity index (χ3n) is 4.81. The minimum atomic E-state index is -0.290. The fourth-order valence-corrected chi connectivity index (χ4v) is 3.66. The molecule has 0 saturated heterocycles. The third kappa shape index (κ3) is 2.49. The number of rotatable bonds is 3. The molecule has 0 fully saturated rings. The topological polar surface area (TPSA) is 38.4 Å². The van der Waals surface area contributed by atoms with Gasteiger partial charge in [0.05, 0.1) is 12.2 Å². The zero-order valence-corrected chi connectivity index (χ0v) is 13.2. The van der Waals surface area contributed by atoms with Crippen LogP contribution in [-0.4, -0.2) is 16.5 Å². The van der Waals surface area contributed by atoms with E-state index in [1.165, 1.54) is 17.5 Å². The fourth-order valence-electron chi connectivity index (χ4n) is 3.66. The lowest BCUT2D eigenvalue weighted by molar-refractivity contribution is 0.172. The zero-order valence-electron chi connectivity index (χ0n) is 13.2. The molecule has 4 nitrogen and oxygen atoms in total. The molecule has 0 aliphatic heterocycles. The highest BCUT2D eigenvalue weighted by Gasteiger charge is 2.24. The van der Waals surface area contributed by atoms with E-state index >= 15 is 0 Å². The molecule has 0 radical (unpaired) electrons. The van der Waals surface area contributed by atoms with Crippen molar-refractivity contribution in [2.24, 2.45) is 0 Å². The molecule has 1 atom stereocenters. The van der Waals surface area contributed by atoms with Crippen LogP contribution in [-0.2, 0) is 13.1 Å². The molecular weight excluding hydrogens is 288 g/mol. The molecule has 2 aromatic carbocycles. The number of aromatic nitrogens is 1. The van der Waals surface area contributed by atoms with Gasteiger partial charge in [0.2, 0.25) is 0 Å². The van der Waals surface area contributed by atoms with E-state index in [0.29, 0.717) is 18.3 Å². The molecule has 0 unspecified atom stereocenters. The van der Waals surface area contributed by atoms with Gasteiger partial charge in [-0.3, -0.25) is 9.47 Å². The number of oxazole rings is 1. The van der Waals surface area contributed by atoms with E-state index in [1.807, 2.05) is 24.3 Å². The predicted octanol–water partition coefficient (Wildman–Crippen LogP) is 3.56. The molecule has 4 heteroatoms. The Kier molecular flexibility index (Phi) is 3.54. The molecule has 0 amide bonds. The van der Waals surface area contributed by atoms with Crippen molar-refractivity contribution in [1.29, 1.82) is 0 Å². The van der Waals surface area contributed by atoms with E-state index in [0.717, 1.165) is 18.4 Å². The van der Waals surface area contributed by atoms with Gasteiger partial charge in [0.15, 0.2) is 5.58 Å². The van der Waals surface area contributed by atoms with E-state index in [-0.39, 0.29) is 5.76 Å². The Bertz CT molecular complexity index is 894. The maximum atomic E-state index is 12.2. The summed E-state index contributed by atoms with van der Waals surface area (Å²) in [6.07, 6.45) is 3.46. The van der Waals surface area contributed by atoms with Gasteiger partial charge in [-0.1, -0.05) is 36.4 Å². The summed E-state index contributed by atoms with van der Waals surface area (Å²) in [5.74, 6) is -0.290. The molecule has 4 rings (SSSR count). The number of fused-ring (bicyclic) bond motifs is 2. The molecular formula is C19H20N2O2. The highest BCUT2D eigenvalue weighted by Crippen LogP contribution is 2.33. The van der Waals surface area contributed by atoms with E-state index in [2.05, 4.69) is 36.2 Å². The van der Waals surface area contributed by atoms with E-state index in [1.54, 1.807) is 4.57 Å². The van der Waals surface area contributed by atoms with E-state index in [4.69, 9.17) is 4.42 Å². The second-order valence-electron chi connectivity index (χ2n) is 6.27. The lowest BCUT2D eigenvalue weighted by atomic mass is 9.87. The van der Waals surface area contributed by atoms with Crippen molar-refractivity contribution in [3.8, 4) is 0 Å². The second kappa shape index (κ2) is 5.70. The van der Waals surface area contributed by atoms with Crippen LogP contribution >= 0.6 is 0 Å². The minimum Gasteiger partial charge on any atom is -0.408 e. The van der Waals surface area contributed by atoms with Gasteiger partial charge in [-0.15, -0.1) is 0 Å². The number of benzene rings is 2. The van der Waals surface area contributed by atoms with Crippen LogP contribution in [0.4, 0.5) is 0 Å². The Morgan fingerprint density at radius 2 is 1.96 bits per heavy atom. The van der Waals surface area contributed by atoms with Gasteiger partial charge in [0, 0.05) is 6.04 Å². The van der Waals surface area contributed by atoms with Crippen LogP contribution in [0.25, 0.3) is 11.1 Å². The van der Waals surface area contributed by atoms with Crippen LogP contribution in [0.3, 0.4) is 0 Å². The van der Waals surface area contributed by atoms with E-state index in [9.17, 15) is 4.79 Å². The largest absolute Gasteiger partial charge is 0.421 e. The van der Waals surface area contributed by atoms with Crippen molar-refractivity contribution in [2.45, 2.75) is 32.0 Å². The molecule has 1 aliphatic rings.